The van der Waals surface area contributed by atoms with Gasteiger partial charge in [0.25, 0.3) is 0 Å². The minimum Gasteiger partial charge on any atom is -0.390 e. The lowest BCUT2D eigenvalue weighted by Crippen LogP contribution is -2.35. The van der Waals surface area contributed by atoms with Crippen LogP contribution in [-0.4, -0.2) is 23.9 Å². The van der Waals surface area contributed by atoms with Crippen LogP contribution in [0.2, 0.25) is 0 Å². The van der Waals surface area contributed by atoms with Crippen LogP contribution in [-0.2, 0) is 4.74 Å². The van der Waals surface area contributed by atoms with E-state index in [9.17, 15) is 5.11 Å². The van der Waals surface area contributed by atoms with E-state index in [4.69, 9.17) is 4.74 Å². The fourth-order valence-corrected chi connectivity index (χ4v) is 1.61. The molecule has 0 aromatic heterocycles. The Morgan fingerprint density at radius 2 is 2.30 bits per heavy atom. The highest BCUT2D eigenvalue weighted by Gasteiger charge is 2.29. The summed E-state index contributed by atoms with van der Waals surface area (Å²) in [4.78, 5) is 0. The van der Waals surface area contributed by atoms with Gasteiger partial charge < -0.3 is 9.84 Å². The van der Waals surface area contributed by atoms with E-state index in [0.717, 1.165) is 25.7 Å². The normalized spacial score (nSPS) is 41.7. The smallest absolute Gasteiger partial charge is 0.0644 e. The molecule has 0 aromatic carbocycles. The van der Waals surface area contributed by atoms with Gasteiger partial charge >= 0.3 is 0 Å². The first-order valence-electron chi connectivity index (χ1n) is 3.89. The minimum absolute atomic E-state index is 0.281. The maximum atomic E-state index is 9.60. The quantitative estimate of drug-likeness (QED) is 0.601. The summed E-state index contributed by atoms with van der Waals surface area (Å²) in [7, 11) is 1.71. The lowest BCUT2D eigenvalue weighted by Gasteiger charge is -2.32. The first-order chi connectivity index (χ1) is 4.64. The summed E-state index contributed by atoms with van der Waals surface area (Å²) in [6.07, 6.45) is 4.19. The summed E-state index contributed by atoms with van der Waals surface area (Å²) < 4.78 is 5.17. The Morgan fingerprint density at radius 3 is 2.70 bits per heavy atom. The third-order valence-corrected chi connectivity index (χ3v) is 2.24. The van der Waals surface area contributed by atoms with Gasteiger partial charge in [-0.1, -0.05) is 0 Å². The average molecular weight is 144 g/mol. The molecular formula is C8H16O2. The molecule has 10 heavy (non-hydrogen) atoms. The monoisotopic (exact) mass is 144 g/mol. The zero-order chi connectivity index (χ0) is 7.61. The van der Waals surface area contributed by atoms with Crippen molar-refractivity contribution in [1.29, 1.82) is 0 Å². The highest BCUT2D eigenvalue weighted by atomic mass is 16.5. The van der Waals surface area contributed by atoms with Crippen molar-refractivity contribution < 1.29 is 9.84 Å². The van der Waals surface area contributed by atoms with E-state index in [-0.39, 0.29) is 6.10 Å². The second kappa shape index (κ2) is 2.89. The van der Waals surface area contributed by atoms with E-state index < -0.39 is 5.60 Å². The molecule has 1 rings (SSSR count). The Labute approximate surface area is 62.2 Å². The van der Waals surface area contributed by atoms with Crippen LogP contribution in [0, 0.1) is 0 Å². The average Bonchev–Trinajstić information content (AvgIpc) is 1.86. The Kier molecular flexibility index (Phi) is 2.32. The standard InChI is InChI=1S/C8H16O2/c1-8(9)5-3-4-7(6-8)10-2/h7,9H,3-6H2,1-2H3. The Balaban J connectivity index is 2.40. The van der Waals surface area contributed by atoms with Gasteiger partial charge in [0.2, 0.25) is 0 Å². The van der Waals surface area contributed by atoms with Crippen molar-refractivity contribution in [2.24, 2.45) is 0 Å². The van der Waals surface area contributed by atoms with Crippen LogP contribution in [0.4, 0.5) is 0 Å². The maximum Gasteiger partial charge on any atom is 0.0644 e. The summed E-state index contributed by atoms with van der Waals surface area (Å²) in [5.41, 5.74) is -0.473. The molecule has 0 amide bonds. The van der Waals surface area contributed by atoms with Crippen molar-refractivity contribution in [2.75, 3.05) is 7.11 Å². The van der Waals surface area contributed by atoms with Gasteiger partial charge in [-0.2, -0.15) is 0 Å². The molecule has 2 heteroatoms. The van der Waals surface area contributed by atoms with Crippen LogP contribution < -0.4 is 0 Å². The number of methoxy groups -OCH3 is 1. The number of hydrogen-bond donors (Lipinski definition) is 1. The topological polar surface area (TPSA) is 29.5 Å². The van der Waals surface area contributed by atoms with Crippen LogP contribution in [0.25, 0.3) is 0 Å². The molecule has 0 aromatic rings. The molecular weight excluding hydrogens is 128 g/mol. The van der Waals surface area contributed by atoms with Gasteiger partial charge in [0.15, 0.2) is 0 Å². The Morgan fingerprint density at radius 1 is 1.60 bits per heavy atom. The number of aliphatic hydroxyl groups is 1. The van der Waals surface area contributed by atoms with Crippen molar-refractivity contribution in [2.45, 2.75) is 44.3 Å². The van der Waals surface area contributed by atoms with Gasteiger partial charge in [0, 0.05) is 13.5 Å². The van der Waals surface area contributed by atoms with Crippen LogP contribution in [0.15, 0.2) is 0 Å². The first kappa shape index (κ1) is 8.02. The van der Waals surface area contributed by atoms with Crippen molar-refractivity contribution in [3.05, 3.63) is 0 Å². The van der Waals surface area contributed by atoms with Gasteiger partial charge in [0.1, 0.15) is 0 Å². The molecule has 1 N–H and O–H groups in total. The number of hydrogen-bond acceptors (Lipinski definition) is 2. The Hall–Kier alpha value is -0.0800. The van der Waals surface area contributed by atoms with Crippen molar-refractivity contribution >= 4 is 0 Å². The van der Waals surface area contributed by atoms with Crippen LogP contribution in [0.5, 0.6) is 0 Å². The summed E-state index contributed by atoms with van der Waals surface area (Å²) >= 11 is 0. The van der Waals surface area contributed by atoms with Gasteiger partial charge in [-0.15, -0.1) is 0 Å². The van der Waals surface area contributed by atoms with E-state index in [1.165, 1.54) is 0 Å². The van der Waals surface area contributed by atoms with Gasteiger partial charge in [-0.05, 0) is 26.2 Å². The molecule has 0 spiro atoms. The van der Waals surface area contributed by atoms with E-state index in [1.807, 2.05) is 6.92 Å². The molecule has 2 nitrogen and oxygen atoms in total. The lowest BCUT2D eigenvalue weighted by atomic mass is 9.85. The zero-order valence-electron chi connectivity index (χ0n) is 6.76. The number of ether oxygens (including phenoxy) is 1. The molecule has 1 saturated carbocycles. The summed E-state index contributed by atoms with van der Waals surface area (Å²) in [5, 5.41) is 9.60. The van der Waals surface area contributed by atoms with Gasteiger partial charge in [-0.25, -0.2) is 0 Å². The number of rotatable bonds is 1. The van der Waals surface area contributed by atoms with E-state index in [1.54, 1.807) is 7.11 Å². The van der Waals surface area contributed by atoms with Crippen molar-refractivity contribution in [3.63, 3.8) is 0 Å². The zero-order valence-corrected chi connectivity index (χ0v) is 6.76. The van der Waals surface area contributed by atoms with Gasteiger partial charge in [0.05, 0.1) is 11.7 Å². The third-order valence-electron chi connectivity index (χ3n) is 2.24. The van der Waals surface area contributed by atoms with Crippen LogP contribution >= 0.6 is 0 Å². The molecule has 0 heterocycles. The Bertz CT molecular complexity index is 110. The van der Waals surface area contributed by atoms with Crippen molar-refractivity contribution in [1.82, 2.24) is 0 Å². The van der Waals surface area contributed by atoms with Crippen molar-refractivity contribution in [3.8, 4) is 0 Å². The van der Waals surface area contributed by atoms with E-state index in [2.05, 4.69) is 0 Å². The molecule has 0 radical (unpaired) electrons. The predicted molar refractivity (Wildman–Crippen MR) is 39.9 cm³/mol. The summed E-state index contributed by atoms with van der Waals surface area (Å²) in [6.45, 7) is 1.89. The fraction of sp³-hybridized carbons (Fsp3) is 1.00. The molecule has 2 unspecified atom stereocenters. The molecule has 0 bridgehead atoms. The molecule has 60 valence electrons. The molecule has 0 saturated heterocycles. The van der Waals surface area contributed by atoms with Crippen LogP contribution in [0.3, 0.4) is 0 Å². The fourth-order valence-electron chi connectivity index (χ4n) is 1.61. The molecule has 1 aliphatic rings. The van der Waals surface area contributed by atoms with E-state index in [0.29, 0.717) is 0 Å². The second-order valence-corrected chi connectivity index (χ2v) is 3.45. The maximum absolute atomic E-state index is 9.60. The molecule has 0 aliphatic heterocycles. The summed E-state index contributed by atoms with van der Waals surface area (Å²) in [6, 6.07) is 0. The minimum atomic E-state index is -0.473. The molecule has 1 aliphatic carbocycles. The highest BCUT2D eigenvalue weighted by molar-refractivity contribution is 4.82. The molecule has 1 fully saturated rings. The summed E-state index contributed by atoms with van der Waals surface area (Å²) in [5.74, 6) is 0. The second-order valence-electron chi connectivity index (χ2n) is 3.45. The highest BCUT2D eigenvalue weighted by Crippen LogP contribution is 2.28. The predicted octanol–water partition coefficient (Wildman–Crippen LogP) is 1.33. The SMILES string of the molecule is COC1CCCC(C)(O)C1. The molecule has 2 atom stereocenters. The largest absolute Gasteiger partial charge is 0.390 e. The lowest BCUT2D eigenvalue weighted by molar-refractivity contribution is -0.0468. The first-order valence-corrected chi connectivity index (χ1v) is 3.89. The van der Waals surface area contributed by atoms with Crippen LogP contribution in [0.1, 0.15) is 32.6 Å². The van der Waals surface area contributed by atoms with E-state index >= 15 is 0 Å². The van der Waals surface area contributed by atoms with Gasteiger partial charge in [-0.3, -0.25) is 0 Å². The third kappa shape index (κ3) is 1.96.